The van der Waals surface area contributed by atoms with E-state index in [4.69, 9.17) is 0 Å². The van der Waals surface area contributed by atoms with E-state index in [0.717, 1.165) is 30.0 Å². The van der Waals surface area contributed by atoms with Gasteiger partial charge in [0.05, 0.1) is 11.3 Å². The maximum atomic E-state index is 12.9. The van der Waals surface area contributed by atoms with Crippen molar-refractivity contribution in [3.63, 3.8) is 0 Å². The zero-order valence-electron chi connectivity index (χ0n) is 16.9. The Morgan fingerprint density at radius 1 is 1.07 bits per heavy atom. The SMILES string of the molecule is CC1CCCCC1NC(=O)c1ccccc1SCC(=O)N1CCc2ccccc21. The van der Waals surface area contributed by atoms with Gasteiger partial charge in [-0.1, -0.05) is 50.1 Å². The minimum Gasteiger partial charge on any atom is -0.349 e. The number of benzene rings is 2. The maximum absolute atomic E-state index is 12.9. The number of hydrogen-bond donors (Lipinski definition) is 1. The number of hydrogen-bond acceptors (Lipinski definition) is 3. The van der Waals surface area contributed by atoms with Crippen molar-refractivity contribution in [1.82, 2.24) is 5.32 Å². The highest BCUT2D eigenvalue weighted by Crippen LogP contribution is 2.30. The van der Waals surface area contributed by atoms with Gasteiger partial charge in [0.25, 0.3) is 5.91 Å². The lowest BCUT2D eigenvalue weighted by Gasteiger charge is -2.29. The molecule has 2 aromatic carbocycles. The van der Waals surface area contributed by atoms with Crippen molar-refractivity contribution in [2.24, 2.45) is 5.92 Å². The number of rotatable bonds is 5. The topological polar surface area (TPSA) is 49.4 Å². The van der Waals surface area contributed by atoms with Gasteiger partial charge in [-0.05, 0) is 48.9 Å². The second-order valence-corrected chi connectivity index (χ2v) is 9.07. The number of para-hydroxylation sites is 1. The molecule has 0 radical (unpaired) electrons. The zero-order valence-corrected chi connectivity index (χ0v) is 17.7. The lowest BCUT2D eigenvalue weighted by molar-refractivity contribution is -0.116. The monoisotopic (exact) mass is 408 g/mol. The number of carbonyl (C=O) groups is 2. The van der Waals surface area contributed by atoms with Crippen LogP contribution in [0.3, 0.4) is 0 Å². The third-order valence-corrected chi connectivity index (χ3v) is 7.16. The molecule has 1 N–H and O–H groups in total. The van der Waals surface area contributed by atoms with Crippen LogP contribution >= 0.6 is 11.8 Å². The number of amides is 2. The average Bonchev–Trinajstić information content (AvgIpc) is 3.18. The summed E-state index contributed by atoms with van der Waals surface area (Å²) in [5, 5.41) is 3.23. The second-order valence-electron chi connectivity index (χ2n) is 8.05. The van der Waals surface area contributed by atoms with E-state index in [1.54, 1.807) is 0 Å². The summed E-state index contributed by atoms with van der Waals surface area (Å²) in [6.07, 6.45) is 5.56. The first kappa shape index (κ1) is 20.0. The molecule has 1 saturated carbocycles. The van der Waals surface area contributed by atoms with E-state index in [-0.39, 0.29) is 17.9 Å². The Labute approximate surface area is 177 Å². The maximum Gasteiger partial charge on any atom is 0.252 e. The lowest BCUT2D eigenvalue weighted by atomic mass is 9.86. The molecule has 2 atom stereocenters. The van der Waals surface area contributed by atoms with Crippen LogP contribution in [0.4, 0.5) is 5.69 Å². The predicted octanol–water partition coefficient (Wildman–Crippen LogP) is 4.68. The highest BCUT2D eigenvalue weighted by Gasteiger charge is 2.26. The molecule has 2 aromatic rings. The molecule has 1 aliphatic carbocycles. The van der Waals surface area contributed by atoms with Gasteiger partial charge < -0.3 is 10.2 Å². The average molecular weight is 409 g/mol. The van der Waals surface area contributed by atoms with E-state index in [1.165, 1.54) is 36.6 Å². The Bertz CT molecular complexity index is 898. The van der Waals surface area contributed by atoms with Crippen LogP contribution in [-0.4, -0.2) is 30.2 Å². The van der Waals surface area contributed by atoms with Gasteiger partial charge in [0.2, 0.25) is 5.91 Å². The fourth-order valence-corrected chi connectivity index (χ4v) is 5.30. The molecule has 29 heavy (non-hydrogen) atoms. The highest BCUT2D eigenvalue weighted by molar-refractivity contribution is 8.00. The molecule has 0 saturated heterocycles. The zero-order chi connectivity index (χ0) is 20.2. The van der Waals surface area contributed by atoms with E-state index in [0.29, 0.717) is 17.2 Å². The van der Waals surface area contributed by atoms with Crippen LogP contribution in [0.25, 0.3) is 0 Å². The number of nitrogens with one attached hydrogen (secondary N) is 1. The van der Waals surface area contributed by atoms with Crippen LogP contribution in [0.2, 0.25) is 0 Å². The first-order chi connectivity index (χ1) is 14.1. The van der Waals surface area contributed by atoms with Crippen LogP contribution in [0.15, 0.2) is 53.4 Å². The Kier molecular flexibility index (Phi) is 6.24. The first-order valence-corrected chi connectivity index (χ1v) is 11.5. The van der Waals surface area contributed by atoms with Crippen molar-refractivity contribution in [2.45, 2.75) is 50.0 Å². The summed E-state index contributed by atoms with van der Waals surface area (Å²) in [4.78, 5) is 28.5. The fourth-order valence-electron chi connectivity index (χ4n) is 4.37. The van der Waals surface area contributed by atoms with Crippen LogP contribution < -0.4 is 10.2 Å². The van der Waals surface area contributed by atoms with Crippen LogP contribution in [0.1, 0.15) is 48.5 Å². The Morgan fingerprint density at radius 2 is 1.83 bits per heavy atom. The highest BCUT2D eigenvalue weighted by atomic mass is 32.2. The van der Waals surface area contributed by atoms with Gasteiger partial charge in [0.1, 0.15) is 0 Å². The van der Waals surface area contributed by atoms with Gasteiger partial charge in [0.15, 0.2) is 0 Å². The number of fused-ring (bicyclic) bond motifs is 1. The molecule has 2 unspecified atom stereocenters. The van der Waals surface area contributed by atoms with E-state index in [2.05, 4.69) is 18.3 Å². The van der Waals surface area contributed by atoms with Crippen molar-refractivity contribution in [3.8, 4) is 0 Å². The quantitative estimate of drug-likeness (QED) is 0.731. The van der Waals surface area contributed by atoms with Gasteiger partial charge in [-0.2, -0.15) is 0 Å². The Balaban J connectivity index is 1.41. The molecule has 0 aromatic heterocycles. The first-order valence-electron chi connectivity index (χ1n) is 10.5. The smallest absolute Gasteiger partial charge is 0.252 e. The molecule has 5 heteroatoms. The van der Waals surface area contributed by atoms with Crippen molar-refractivity contribution >= 4 is 29.3 Å². The molecule has 1 aliphatic heterocycles. The summed E-state index contributed by atoms with van der Waals surface area (Å²) in [6, 6.07) is 16.0. The molecular weight excluding hydrogens is 380 g/mol. The standard InChI is InChI=1S/C24H28N2O2S/c1-17-8-2-5-11-20(17)25-24(28)19-10-4-7-13-22(19)29-16-23(27)26-15-14-18-9-3-6-12-21(18)26/h3-4,6-7,9-10,12-13,17,20H,2,5,8,11,14-16H2,1H3,(H,25,28). The van der Waals surface area contributed by atoms with E-state index < -0.39 is 0 Å². The van der Waals surface area contributed by atoms with Crippen LogP contribution in [0.5, 0.6) is 0 Å². The number of thioether (sulfide) groups is 1. The molecule has 0 spiro atoms. The second kappa shape index (κ2) is 9.04. The summed E-state index contributed by atoms with van der Waals surface area (Å²) in [7, 11) is 0. The molecule has 4 nitrogen and oxygen atoms in total. The molecular formula is C24H28N2O2S. The summed E-state index contributed by atoms with van der Waals surface area (Å²) in [6.45, 7) is 2.96. The van der Waals surface area contributed by atoms with Gasteiger partial charge in [-0.15, -0.1) is 11.8 Å². The Hall–Kier alpha value is -2.27. The van der Waals surface area contributed by atoms with Crippen molar-refractivity contribution in [3.05, 3.63) is 59.7 Å². The third-order valence-electron chi connectivity index (χ3n) is 6.10. The largest absolute Gasteiger partial charge is 0.349 e. The minimum absolute atomic E-state index is 0.0224. The number of carbonyl (C=O) groups excluding carboxylic acids is 2. The minimum atomic E-state index is -0.0224. The summed E-state index contributed by atoms with van der Waals surface area (Å²) in [5.41, 5.74) is 2.92. The lowest BCUT2D eigenvalue weighted by Crippen LogP contribution is -2.41. The Morgan fingerprint density at radius 3 is 2.69 bits per heavy atom. The molecule has 2 amide bonds. The van der Waals surface area contributed by atoms with Gasteiger partial charge >= 0.3 is 0 Å². The van der Waals surface area contributed by atoms with Crippen molar-refractivity contribution in [2.75, 3.05) is 17.2 Å². The molecule has 0 bridgehead atoms. The van der Waals surface area contributed by atoms with Crippen LogP contribution in [-0.2, 0) is 11.2 Å². The number of nitrogens with zero attached hydrogens (tertiary/aromatic N) is 1. The van der Waals surface area contributed by atoms with Gasteiger partial charge in [-0.3, -0.25) is 9.59 Å². The van der Waals surface area contributed by atoms with Gasteiger partial charge in [-0.25, -0.2) is 0 Å². The third kappa shape index (κ3) is 4.50. The summed E-state index contributed by atoms with van der Waals surface area (Å²) in [5.74, 6) is 0.921. The molecule has 1 fully saturated rings. The van der Waals surface area contributed by atoms with E-state index >= 15 is 0 Å². The molecule has 1 heterocycles. The molecule has 4 rings (SSSR count). The summed E-state index contributed by atoms with van der Waals surface area (Å²) >= 11 is 1.46. The van der Waals surface area contributed by atoms with Crippen LogP contribution in [0, 0.1) is 5.92 Å². The summed E-state index contributed by atoms with van der Waals surface area (Å²) < 4.78 is 0. The normalized spacial score (nSPS) is 20.9. The van der Waals surface area contributed by atoms with Crippen molar-refractivity contribution in [1.29, 1.82) is 0 Å². The fraction of sp³-hybridized carbons (Fsp3) is 0.417. The van der Waals surface area contributed by atoms with Gasteiger partial charge in [0, 0.05) is 23.2 Å². The molecule has 2 aliphatic rings. The van der Waals surface area contributed by atoms with E-state index in [9.17, 15) is 9.59 Å². The molecule has 152 valence electrons. The van der Waals surface area contributed by atoms with E-state index in [1.807, 2.05) is 47.4 Å². The number of anilines is 1. The predicted molar refractivity (Wildman–Crippen MR) is 119 cm³/mol. The van der Waals surface area contributed by atoms with Crippen molar-refractivity contribution < 1.29 is 9.59 Å².